The molecule has 0 spiro atoms. The Morgan fingerprint density at radius 3 is 3.00 bits per heavy atom. The second-order valence-corrected chi connectivity index (χ2v) is 3.41. The summed E-state index contributed by atoms with van der Waals surface area (Å²) < 4.78 is 0. The van der Waals surface area contributed by atoms with Crippen LogP contribution in [0.5, 0.6) is 0 Å². The van der Waals surface area contributed by atoms with E-state index >= 15 is 0 Å². The van der Waals surface area contributed by atoms with Crippen molar-refractivity contribution < 1.29 is 14.7 Å². The Kier molecular flexibility index (Phi) is 3.75. The van der Waals surface area contributed by atoms with E-state index in [9.17, 15) is 4.79 Å². The molecule has 0 atom stereocenters. The smallest absolute Gasteiger partial charge is 0.359 e. The Hall–Kier alpha value is -1.04. The number of hydrogen-bond donors (Lipinski definition) is 1. The van der Waals surface area contributed by atoms with Crippen LogP contribution >= 0.6 is 11.8 Å². The zero-order chi connectivity index (χ0) is 9.68. The first-order valence-corrected chi connectivity index (χ1v) is 4.87. The highest BCUT2D eigenvalue weighted by Crippen LogP contribution is 2.08. The average Bonchev–Trinajstić information content (AvgIpc) is 2.15. The van der Waals surface area contributed by atoms with Crippen LogP contribution in [0.25, 0.3) is 0 Å². The first-order valence-electron chi connectivity index (χ1n) is 3.71. The third kappa shape index (κ3) is 2.73. The molecule has 0 saturated carbocycles. The fraction of sp³-hybridized carbons (Fsp3) is 0.571. The lowest BCUT2D eigenvalue weighted by molar-refractivity contribution is -0.129. The topological polar surface area (TPSA) is 71.2 Å². The van der Waals surface area contributed by atoms with Gasteiger partial charge in [0, 0.05) is 18.1 Å². The SMILES string of the molecule is CON=C(C(=O)O)C1=NCCSC1. The van der Waals surface area contributed by atoms with Crippen molar-refractivity contribution in [3.63, 3.8) is 0 Å². The summed E-state index contributed by atoms with van der Waals surface area (Å²) in [5.74, 6) is 0.431. The van der Waals surface area contributed by atoms with Crippen LogP contribution in [0.15, 0.2) is 10.1 Å². The van der Waals surface area contributed by atoms with E-state index in [1.165, 1.54) is 7.11 Å². The number of aliphatic imine (C=N–C) groups is 1. The molecule has 1 aliphatic heterocycles. The summed E-state index contributed by atoms with van der Waals surface area (Å²) in [6, 6.07) is 0. The second-order valence-electron chi connectivity index (χ2n) is 2.31. The van der Waals surface area contributed by atoms with E-state index in [1.807, 2.05) is 0 Å². The summed E-state index contributed by atoms with van der Waals surface area (Å²) in [5, 5.41) is 12.2. The van der Waals surface area contributed by atoms with Crippen LogP contribution in [0.4, 0.5) is 0 Å². The Morgan fingerprint density at radius 1 is 1.77 bits per heavy atom. The maximum atomic E-state index is 10.7. The van der Waals surface area contributed by atoms with Crippen LogP contribution in [0.3, 0.4) is 0 Å². The molecular formula is C7H10N2O3S. The predicted molar refractivity (Wildman–Crippen MR) is 51.7 cm³/mol. The Labute approximate surface area is 79.9 Å². The van der Waals surface area contributed by atoms with Crippen molar-refractivity contribution in [3.8, 4) is 0 Å². The number of rotatable bonds is 3. The minimum absolute atomic E-state index is 0.0882. The molecule has 0 aliphatic carbocycles. The first-order chi connectivity index (χ1) is 6.25. The largest absolute Gasteiger partial charge is 0.476 e. The van der Waals surface area contributed by atoms with Crippen molar-refractivity contribution in [1.29, 1.82) is 0 Å². The van der Waals surface area contributed by atoms with Crippen molar-refractivity contribution >= 4 is 29.2 Å². The lowest BCUT2D eigenvalue weighted by Crippen LogP contribution is -2.28. The van der Waals surface area contributed by atoms with Crippen molar-refractivity contribution in [2.45, 2.75) is 0 Å². The number of thioether (sulfide) groups is 1. The number of nitrogens with zero attached hydrogens (tertiary/aromatic N) is 2. The molecule has 0 aromatic heterocycles. The van der Waals surface area contributed by atoms with Crippen molar-refractivity contribution in [2.24, 2.45) is 10.1 Å². The summed E-state index contributed by atoms with van der Waals surface area (Å²) in [4.78, 5) is 19.2. The van der Waals surface area contributed by atoms with Crippen LogP contribution in [-0.2, 0) is 9.63 Å². The van der Waals surface area contributed by atoms with Gasteiger partial charge in [-0.15, -0.1) is 0 Å². The van der Waals surface area contributed by atoms with Gasteiger partial charge in [0.1, 0.15) is 7.11 Å². The van der Waals surface area contributed by atoms with Gasteiger partial charge in [-0.3, -0.25) is 4.99 Å². The van der Waals surface area contributed by atoms with Gasteiger partial charge in [-0.25, -0.2) is 4.79 Å². The fourth-order valence-electron chi connectivity index (χ4n) is 0.909. The van der Waals surface area contributed by atoms with Crippen molar-refractivity contribution in [3.05, 3.63) is 0 Å². The number of carboxylic acid groups (broad SMARTS) is 1. The number of aliphatic carboxylic acids is 1. The van der Waals surface area contributed by atoms with E-state index in [0.717, 1.165) is 5.75 Å². The van der Waals surface area contributed by atoms with Crippen LogP contribution in [-0.4, -0.2) is 47.7 Å². The first kappa shape index (κ1) is 10.0. The normalized spacial score (nSPS) is 17.9. The minimum atomic E-state index is -1.09. The van der Waals surface area contributed by atoms with Crippen LogP contribution in [0.1, 0.15) is 0 Å². The highest BCUT2D eigenvalue weighted by atomic mass is 32.2. The highest BCUT2D eigenvalue weighted by molar-refractivity contribution is 8.00. The molecule has 0 aromatic carbocycles. The third-order valence-electron chi connectivity index (χ3n) is 1.44. The van der Waals surface area contributed by atoms with Gasteiger partial charge in [0.05, 0.1) is 5.71 Å². The molecule has 0 radical (unpaired) electrons. The van der Waals surface area contributed by atoms with E-state index in [2.05, 4.69) is 15.0 Å². The molecule has 1 heterocycles. The monoisotopic (exact) mass is 202 g/mol. The van der Waals surface area contributed by atoms with Gasteiger partial charge in [-0.05, 0) is 0 Å². The molecule has 0 saturated heterocycles. The van der Waals surface area contributed by atoms with Crippen LogP contribution in [0, 0.1) is 0 Å². The molecule has 0 bridgehead atoms. The van der Waals surface area contributed by atoms with Crippen molar-refractivity contribution in [2.75, 3.05) is 25.2 Å². The number of oxime groups is 1. The third-order valence-corrected chi connectivity index (χ3v) is 2.38. The van der Waals surface area contributed by atoms with E-state index < -0.39 is 5.97 Å². The molecular weight excluding hydrogens is 192 g/mol. The number of hydrogen-bond acceptors (Lipinski definition) is 5. The van der Waals surface area contributed by atoms with E-state index in [-0.39, 0.29) is 5.71 Å². The Balaban J connectivity index is 2.80. The molecule has 13 heavy (non-hydrogen) atoms. The van der Waals surface area contributed by atoms with Crippen LogP contribution in [0.2, 0.25) is 0 Å². The number of carboxylic acids is 1. The van der Waals surface area contributed by atoms with Crippen molar-refractivity contribution in [1.82, 2.24) is 0 Å². The summed E-state index contributed by atoms with van der Waals surface area (Å²) in [6.07, 6.45) is 0. The van der Waals surface area contributed by atoms with E-state index in [1.54, 1.807) is 11.8 Å². The maximum absolute atomic E-state index is 10.7. The second kappa shape index (κ2) is 4.86. The molecule has 1 N–H and O–H groups in total. The molecule has 72 valence electrons. The zero-order valence-corrected chi connectivity index (χ0v) is 8.00. The van der Waals surface area contributed by atoms with Gasteiger partial charge in [-0.2, -0.15) is 11.8 Å². The molecule has 5 nitrogen and oxygen atoms in total. The fourth-order valence-corrected chi connectivity index (χ4v) is 1.70. The van der Waals surface area contributed by atoms with Gasteiger partial charge in [0.15, 0.2) is 0 Å². The average molecular weight is 202 g/mol. The predicted octanol–water partition coefficient (Wildman–Crippen LogP) is 0.261. The summed E-state index contributed by atoms with van der Waals surface area (Å²) in [6.45, 7) is 0.649. The highest BCUT2D eigenvalue weighted by Gasteiger charge is 2.19. The zero-order valence-electron chi connectivity index (χ0n) is 7.19. The molecule has 1 rings (SSSR count). The molecule has 6 heteroatoms. The van der Waals surface area contributed by atoms with Gasteiger partial charge in [-0.1, -0.05) is 5.16 Å². The molecule has 1 aliphatic rings. The molecule has 0 aromatic rings. The maximum Gasteiger partial charge on any atom is 0.359 e. The van der Waals surface area contributed by atoms with Gasteiger partial charge in [0.25, 0.3) is 0 Å². The summed E-state index contributed by atoms with van der Waals surface area (Å²) >= 11 is 1.64. The molecule has 0 fully saturated rings. The lowest BCUT2D eigenvalue weighted by Gasteiger charge is -2.10. The van der Waals surface area contributed by atoms with Gasteiger partial charge < -0.3 is 9.94 Å². The summed E-state index contributed by atoms with van der Waals surface area (Å²) in [7, 11) is 1.32. The standard InChI is InChI=1S/C7H10N2O3S/c1-12-9-6(7(10)11)5-4-13-3-2-8-5/h2-4H2,1H3,(H,10,11). The van der Waals surface area contributed by atoms with Gasteiger partial charge in [0.2, 0.25) is 5.71 Å². The van der Waals surface area contributed by atoms with E-state index in [4.69, 9.17) is 5.11 Å². The lowest BCUT2D eigenvalue weighted by atomic mass is 10.2. The molecule has 0 amide bonds. The van der Waals surface area contributed by atoms with Gasteiger partial charge >= 0.3 is 5.97 Å². The Bertz CT molecular complexity index is 262. The summed E-state index contributed by atoms with van der Waals surface area (Å²) in [5.41, 5.74) is 0.417. The quantitative estimate of drug-likeness (QED) is 0.526. The molecule has 0 unspecified atom stereocenters. The Morgan fingerprint density at radius 2 is 2.54 bits per heavy atom. The van der Waals surface area contributed by atoms with E-state index in [0.29, 0.717) is 18.0 Å². The minimum Gasteiger partial charge on any atom is -0.476 e. The number of carbonyl (C=O) groups is 1. The van der Waals surface area contributed by atoms with Crippen LogP contribution < -0.4 is 0 Å².